The Balaban J connectivity index is 1.38. The molecule has 0 bridgehead atoms. The molecular formula is C31H28FN3O2. The summed E-state index contributed by atoms with van der Waals surface area (Å²) in [5, 5.41) is 2.99. The van der Waals surface area contributed by atoms with Crippen LogP contribution in [0.3, 0.4) is 0 Å². The SMILES string of the molecule is O=C(CC(c1ccccc1F)c1cnc2c(OCc3ccccc3)cccn12)NCCc1ccccc1. The molecule has 0 aliphatic rings. The van der Waals surface area contributed by atoms with Crippen molar-refractivity contribution in [2.45, 2.75) is 25.4 Å². The van der Waals surface area contributed by atoms with Gasteiger partial charge in [0.2, 0.25) is 5.91 Å². The topological polar surface area (TPSA) is 55.6 Å². The monoisotopic (exact) mass is 493 g/mol. The maximum atomic E-state index is 15.0. The molecule has 5 nitrogen and oxygen atoms in total. The quantitative estimate of drug-likeness (QED) is 0.262. The average Bonchev–Trinajstić information content (AvgIpc) is 3.37. The van der Waals surface area contributed by atoms with Gasteiger partial charge in [-0.15, -0.1) is 0 Å². The predicted octanol–water partition coefficient (Wildman–Crippen LogP) is 5.93. The van der Waals surface area contributed by atoms with Gasteiger partial charge >= 0.3 is 0 Å². The van der Waals surface area contributed by atoms with Gasteiger partial charge in [0.1, 0.15) is 12.4 Å². The minimum absolute atomic E-state index is 0.0958. The number of imidazole rings is 1. The zero-order valence-corrected chi connectivity index (χ0v) is 20.4. The Morgan fingerprint density at radius 2 is 1.59 bits per heavy atom. The Kier molecular flexibility index (Phi) is 7.55. The second-order valence-corrected chi connectivity index (χ2v) is 8.89. The van der Waals surface area contributed by atoms with Crippen LogP contribution >= 0.6 is 0 Å². The number of pyridine rings is 1. The first kappa shape index (κ1) is 24.3. The minimum atomic E-state index is -0.516. The molecule has 0 saturated heterocycles. The third-order valence-corrected chi connectivity index (χ3v) is 6.37. The standard InChI is InChI=1S/C31H28FN3O2/c32-27-15-8-7-14-25(27)26(20-30(36)33-18-17-23-10-3-1-4-11-23)28-21-34-31-29(16-9-19-35(28)31)37-22-24-12-5-2-6-13-24/h1-16,19,21,26H,17-18,20,22H2,(H,33,36). The van der Waals surface area contributed by atoms with E-state index in [9.17, 15) is 9.18 Å². The fourth-order valence-electron chi connectivity index (χ4n) is 4.49. The highest BCUT2D eigenvalue weighted by Crippen LogP contribution is 2.32. The van der Waals surface area contributed by atoms with Crippen LogP contribution in [0.25, 0.3) is 5.65 Å². The molecule has 186 valence electrons. The number of amides is 1. The molecule has 0 saturated carbocycles. The smallest absolute Gasteiger partial charge is 0.221 e. The van der Waals surface area contributed by atoms with Gasteiger partial charge < -0.3 is 14.5 Å². The molecule has 0 spiro atoms. The van der Waals surface area contributed by atoms with Crippen molar-refractivity contribution in [2.24, 2.45) is 0 Å². The van der Waals surface area contributed by atoms with Gasteiger partial charge in [-0.05, 0) is 41.3 Å². The van der Waals surface area contributed by atoms with E-state index < -0.39 is 5.92 Å². The second kappa shape index (κ2) is 11.5. The minimum Gasteiger partial charge on any atom is -0.485 e. The molecule has 0 aliphatic heterocycles. The van der Waals surface area contributed by atoms with E-state index in [2.05, 4.69) is 10.3 Å². The zero-order chi connectivity index (χ0) is 25.5. The van der Waals surface area contributed by atoms with Crippen molar-refractivity contribution in [3.8, 4) is 5.75 Å². The van der Waals surface area contributed by atoms with Gasteiger partial charge in [-0.2, -0.15) is 0 Å². The van der Waals surface area contributed by atoms with E-state index >= 15 is 0 Å². The first-order valence-electron chi connectivity index (χ1n) is 12.4. The lowest BCUT2D eigenvalue weighted by atomic mass is 9.92. The van der Waals surface area contributed by atoms with E-state index in [1.54, 1.807) is 24.4 Å². The Hall–Kier alpha value is -4.45. The van der Waals surface area contributed by atoms with Gasteiger partial charge in [-0.3, -0.25) is 4.79 Å². The van der Waals surface area contributed by atoms with Crippen LogP contribution in [0.1, 0.15) is 34.7 Å². The van der Waals surface area contributed by atoms with Gasteiger partial charge in [0.25, 0.3) is 0 Å². The number of nitrogens with zero attached hydrogens (tertiary/aromatic N) is 2. The summed E-state index contributed by atoms with van der Waals surface area (Å²) < 4.78 is 22.9. The molecular weight excluding hydrogens is 465 g/mol. The summed E-state index contributed by atoms with van der Waals surface area (Å²) in [6.07, 6.45) is 4.40. The number of hydrogen-bond acceptors (Lipinski definition) is 3. The van der Waals surface area contributed by atoms with Crippen molar-refractivity contribution in [1.29, 1.82) is 0 Å². The molecule has 1 unspecified atom stereocenters. The Bertz CT molecular complexity index is 1470. The molecule has 6 heteroatoms. The highest BCUT2D eigenvalue weighted by molar-refractivity contribution is 5.77. The lowest BCUT2D eigenvalue weighted by molar-refractivity contribution is -0.121. The number of nitrogens with one attached hydrogen (secondary N) is 1. The van der Waals surface area contributed by atoms with Crippen molar-refractivity contribution in [1.82, 2.24) is 14.7 Å². The highest BCUT2D eigenvalue weighted by atomic mass is 19.1. The van der Waals surface area contributed by atoms with E-state index in [4.69, 9.17) is 4.74 Å². The number of halogens is 1. The third-order valence-electron chi connectivity index (χ3n) is 6.37. The summed E-state index contributed by atoms with van der Waals surface area (Å²) in [6.45, 7) is 0.917. The molecule has 2 aromatic heterocycles. The van der Waals surface area contributed by atoms with Crippen LogP contribution in [-0.2, 0) is 17.8 Å². The molecule has 1 N–H and O–H groups in total. The number of carbonyl (C=O) groups is 1. The van der Waals surface area contributed by atoms with Crippen molar-refractivity contribution < 1.29 is 13.9 Å². The number of fused-ring (bicyclic) bond motifs is 1. The summed E-state index contributed by atoms with van der Waals surface area (Å²) in [5.41, 5.74) is 4.01. The van der Waals surface area contributed by atoms with E-state index in [1.807, 2.05) is 83.4 Å². The maximum Gasteiger partial charge on any atom is 0.221 e. The normalized spacial score (nSPS) is 11.8. The van der Waals surface area contributed by atoms with Gasteiger partial charge in [0, 0.05) is 31.3 Å². The molecule has 5 rings (SSSR count). The van der Waals surface area contributed by atoms with E-state index in [0.717, 1.165) is 23.2 Å². The highest BCUT2D eigenvalue weighted by Gasteiger charge is 2.25. The number of aromatic nitrogens is 2. The van der Waals surface area contributed by atoms with Gasteiger partial charge in [-0.1, -0.05) is 78.9 Å². The van der Waals surface area contributed by atoms with Crippen molar-refractivity contribution in [3.63, 3.8) is 0 Å². The van der Waals surface area contributed by atoms with Gasteiger partial charge in [0.05, 0.1) is 5.69 Å². The number of rotatable bonds is 10. The van der Waals surface area contributed by atoms with Crippen LogP contribution in [-0.4, -0.2) is 21.8 Å². The van der Waals surface area contributed by atoms with Crippen molar-refractivity contribution in [3.05, 3.63) is 138 Å². The molecule has 3 aromatic carbocycles. The second-order valence-electron chi connectivity index (χ2n) is 8.89. The van der Waals surface area contributed by atoms with Crippen LogP contribution in [0.2, 0.25) is 0 Å². The van der Waals surface area contributed by atoms with Gasteiger partial charge in [-0.25, -0.2) is 9.37 Å². The molecule has 0 aliphatic carbocycles. The van der Waals surface area contributed by atoms with Crippen molar-refractivity contribution in [2.75, 3.05) is 6.54 Å². The average molecular weight is 494 g/mol. The molecule has 0 fully saturated rings. The first-order chi connectivity index (χ1) is 18.2. The molecule has 37 heavy (non-hydrogen) atoms. The summed E-state index contributed by atoms with van der Waals surface area (Å²) >= 11 is 0. The number of ether oxygens (including phenoxy) is 1. The number of carbonyl (C=O) groups excluding carboxylic acids is 1. The van der Waals surface area contributed by atoms with E-state index in [0.29, 0.717) is 30.1 Å². The maximum absolute atomic E-state index is 15.0. The fourth-order valence-corrected chi connectivity index (χ4v) is 4.49. The molecule has 2 heterocycles. The van der Waals surface area contributed by atoms with Crippen LogP contribution in [0.4, 0.5) is 4.39 Å². The molecule has 1 amide bonds. The molecule has 0 radical (unpaired) electrons. The summed E-state index contributed by atoms with van der Waals surface area (Å²) in [7, 11) is 0. The lowest BCUT2D eigenvalue weighted by Gasteiger charge is -2.18. The Morgan fingerprint density at radius 3 is 2.35 bits per heavy atom. The third kappa shape index (κ3) is 5.86. The number of hydrogen-bond donors (Lipinski definition) is 1. The Labute approximate surface area is 215 Å². The van der Waals surface area contributed by atoms with Crippen molar-refractivity contribution >= 4 is 11.6 Å². The summed E-state index contributed by atoms with van der Waals surface area (Å²) in [4.78, 5) is 17.6. The van der Waals surface area contributed by atoms with Crippen LogP contribution in [0.5, 0.6) is 5.75 Å². The first-order valence-corrected chi connectivity index (χ1v) is 12.4. The van der Waals surface area contributed by atoms with E-state index in [1.165, 1.54) is 6.07 Å². The fraction of sp³-hybridized carbons (Fsp3) is 0.161. The number of benzene rings is 3. The van der Waals surface area contributed by atoms with Crippen LogP contribution in [0.15, 0.2) is 109 Å². The Morgan fingerprint density at radius 1 is 0.892 bits per heavy atom. The summed E-state index contributed by atoms with van der Waals surface area (Å²) in [5.74, 6) is -0.388. The predicted molar refractivity (Wildman–Crippen MR) is 142 cm³/mol. The lowest BCUT2D eigenvalue weighted by Crippen LogP contribution is -2.28. The van der Waals surface area contributed by atoms with Gasteiger partial charge in [0.15, 0.2) is 11.4 Å². The van der Waals surface area contributed by atoms with Crippen LogP contribution in [0, 0.1) is 5.82 Å². The van der Waals surface area contributed by atoms with E-state index in [-0.39, 0.29) is 18.1 Å². The molecule has 5 aromatic rings. The summed E-state index contributed by atoms with van der Waals surface area (Å²) in [6, 6.07) is 30.2. The largest absolute Gasteiger partial charge is 0.485 e. The van der Waals surface area contributed by atoms with Crippen LogP contribution < -0.4 is 10.1 Å². The zero-order valence-electron chi connectivity index (χ0n) is 20.4. The molecule has 1 atom stereocenters.